The molecule has 1 aliphatic heterocycles. The number of hydrogen-bond acceptors (Lipinski definition) is 5. The van der Waals surface area contributed by atoms with Gasteiger partial charge in [-0.05, 0) is 38.0 Å². The number of halogens is 2. The fraction of sp³-hybridized carbons (Fsp3) is 0.333. The minimum absolute atomic E-state index is 0.118. The maximum Gasteiger partial charge on any atom is 0.338 e. The molecule has 0 spiro atoms. The third-order valence-electron chi connectivity index (χ3n) is 5.96. The van der Waals surface area contributed by atoms with Crippen LogP contribution in [0.15, 0.2) is 48.5 Å². The summed E-state index contributed by atoms with van der Waals surface area (Å²) in [7, 11) is 0. The lowest BCUT2D eigenvalue weighted by Gasteiger charge is -2.29. The molecule has 166 valence electrons. The second kappa shape index (κ2) is 9.27. The Kier molecular flexibility index (Phi) is 6.62. The first-order valence-electron chi connectivity index (χ1n) is 10.3. The van der Waals surface area contributed by atoms with Gasteiger partial charge in [0, 0.05) is 15.2 Å². The number of aryl methyl sites for hydroxylation is 1. The van der Waals surface area contributed by atoms with E-state index < -0.39 is 12.6 Å². The summed E-state index contributed by atoms with van der Waals surface area (Å²) in [6.45, 7) is 1.53. The summed E-state index contributed by atoms with van der Waals surface area (Å²) in [6.07, 6.45) is 1.15. The Morgan fingerprint density at radius 2 is 1.53 bits per heavy atom. The van der Waals surface area contributed by atoms with E-state index >= 15 is 0 Å². The van der Waals surface area contributed by atoms with E-state index in [1.54, 1.807) is 24.3 Å². The molecule has 32 heavy (non-hydrogen) atoms. The Morgan fingerprint density at radius 1 is 0.938 bits per heavy atom. The number of hydrogen-bond donors (Lipinski definition) is 0. The van der Waals surface area contributed by atoms with Crippen LogP contribution in [-0.2, 0) is 14.3 Å². The number of carbonyl (C=O) groups is 4. The van der Waals surface area contributed by atoms with Crippen molar-refractivity contribution >= 4 is 61.1 Å². The zero-order valence-corrected chi connectivity index (χ0v) is 20.5. The molecule has 4 rings (SSSR count). The molecule has 8 heteroatoms. The van der Waals surface area contributed by atoms with Crippen molar-refractivity contribution in [3.8, 4) is 0 Å². The minimum atomic E-state index is -0.690. The SMILES string of the molecule is Cc1ccc(C(=O)COC(=O)c2cccc(N3C(=O)[C@@H]4C[C@@H](Br)[C@@H](Br)C[C@H]4C3=O)c2)cc1. The molecule has 2 fully saturated rings. The number of amides is 2. The summed E-state index contributed by atoms with van der Waals surface area (Å²) in [6, 6.07) is 13.2. The van der Waals surface area contributed by atoms with E-state index in [1.807, 2.05) is 19.1 Å². The highest BCUT2D eigenvalue weighted by atomic mass is 79.9. The molecule has 0 N–H and O–H groups in total. The Bertz CT molecular complexity index is 1060. The van der Waals surface area contributed by atoms with Crippen LogP contribution in [0.25, 0.3) is 0 Å². The zero-order chi connectivity index (χ0) is 23.0. The quantitative estimate of drug-likeness (QED) is 0.233. The van der Waals surface area contributed by atoms with Crippen molar-refractivity contribution in [3.05, 3.63) is 65.2 Å². The molecule has 0 radical (unpaired) electrons. The highest BCUT2D eigenvalue weighted by molar-refractivity contribution is 9.12. The average Bonchev–Trinajstić information content (AvgIpc) is 3.02. The molecule has 2 amide bonds. The lowest BCUT2D eigenvalue weighted by Crippen LogP contribution is -2.34. The van der Waals surface area contributed by atoms with Crippen LogP contribution in [0.2, 0.25) is 0 Å². The van der Waals surface area contributed by atoms with Crippen molar-refractivity contribution in [2.45, 2.75) is 29.4 Å². The number of Topliss-reactive ketones (excluding diaryl/α,β-unsaturated/α-hetero) is 1. The van der Waals surface area contributed by atoms with E-state index in [2.05, 4.69) is 31.9 Å². The van der Waals surface area contributed by atoms with Gasteiger partial charge in [-0.2, -0.15) is 0 Å². The van der Waals surface area contributed by atoms with Crippen LogP contribution >= 0.6 is 31.9 Å². The summed E-state index contributed by atoms with van der Waals surface area (Å²) >= 11 is 7.15. The summed E-state index contributed by atoms with van der Waals surface area (Å²) in [4.78, 5) is 52.2. The predicted octanol–water partition coefficient (Wildman–Crippen LogP) is 4.46. The fourth-order valence-electron chi connectivity index (χ4n) is 4.16. The third kappa shape index (κ3) is 4.43. The topological polar surface area (TPSA) is 80.8 Å². The van der Waals surface area contributed by atoms with Crippen molar-refractivity contribution in [3.63, 3.8) is 0 Å². The number of alkyl halides is 2. The largest absolute Gasteiger partial charge is 0.454 e. The Labute approximate surface area is 202 Å². The van der Waals surface area contributed by atoms with Gasteiger partial charge in [-0.1, -0.05) is 67.8 Å². The number of benzene rings is 2. The number of ketones is 1. The van der Waals surface area contributed by atoms with Gasteiger partial charge in [0.1, 0.15) is 0 Å². The first-order valence-corrected chi connectivity index (χ1v) is 12.1. The van der Waals surface area contributed by atoms with Gasteiger partial charge >= 0.3 is 5.97 Å². The van der Waals surface area contributed by atoms with Crippen LogP contribution in [-0.4, -0.2) is 39.8 Å². The molecule has 1 heterocycles. The van der Waals surface area contributed by atoms with Gasteiger partial charge in [0.25, 0.3) is 0 Å². The molecule has 1 aliphatic carbocycles. The highest BCUT2D eigenvalue weighted by Gasteiger charge is 2.52. The van der Waals surface area contributed by atoms with Gasteiger partial charge in [0.05, 0.1) is 23.1 Å². The van der Waals surface area contributed by atoms with E-state index in [1.165, 1.54) is 17.0 Å². The molecule has 6 nitrogen and oxygen atoms in total. The maximum atomic E-state index is 13.0. The smallest absolute Gasteiger partial charge is 0.338 e. The number of esters is 1. The lowest BCUT2D eigenvalue weighted by atomic mass is 9.81. The molecule has 0 bridgehead atoms. The standard InChI is InChI=1S/C24H21Br2NO5/c1-13-5-7-14(8-6-13)21(28)12-32-24(31)15-3-2-4-16(9-15)27-22(29)17-10-19(25)20(26)11-18(17)23(27)30/h2-9,17-20H,10-12H2,1H3/t17-,18-,19-,20+/m1/s1. The third-order valence-corrected chi connectivity index (χ3v) is 8.69. The van der Waals surface area contributed by atoms with Crippen molar-refractivity contribution < 1.29 is 23.9 Å². The van der Waals surface area contributed by atoms with Gasteiger partial charge in [-0.25, -0.2) is 4.79 Å². The van der Waals surface area contributed by atoms with Crippen molar-refractivity contribution in [1.82, 2.24) is 0 Å². The molecule has 1 saturated carbocycles. The van der Waals surface area contributed by atoms with E-state index in [0.717, 1.165) is 5.56 Å². The summed E-state index contributed by atoms with van der Waals surface area (Å²) in [5.74, 6) is -2.23. The second-order valence-electron chi connectivity index (χ2n) is 8.14. The normalized spacial score (nSPS) is 24.9. The van der Waals surface area contributed by atoms with Gasteiger partial charge in [0.15, 0.2) is 12.4 Å². The number of anilines is 1. The molecular weight excluding hydrogens is 542 g/mol. The molecule has 2 aromatic carbocycles. The van der Waals surface area contributed by atoms with E-state index in [-0.39, 0.29) is 44.7 Å². The van der Waals surface area contributed by atoms with E-state index in [9.17, 15) is 19.2 Å². The highest BCUT2D eigenvalue weighted by Crippen LogP contribution is 2.44. The number of ether oxygens (including phenoxy) is 1. The number of carbonyl (C=O) groups excluding carboxylic acids is 4. The number of rotatable bonds is 5. The van der Waals surface area contributed by atoms with Crippen LogP contribution in [0.3, 0.4) is 0 Å². The van der Waals surface area contributed by atoms with E-state index in [4.69, 9.17) is 4.74 Å². The van der Waals surface area contributed by atoms with Crippen LogP contribution in [0.1, 0.15) is 39.1 Å². The number of fused-ring (bicyclic) bond motifs is 1. The molecule has 0 aromatic heterocycles. The number of imide groups is 1. The van der Waals surface area contributed by atoms with Crippen molar-refractivity contribution in [2.24, 2.45) is 11.8 Å². The first-order chi connectivity index (χ1) is 15.3. The minimum Gasteiger partial charge on any atom is -0.454 e. The van der Waals surface area contributed by atoms with Crippen LogP contribution in [0.5, 0.6) is 0 Å². The van der Waals surface area contributed by atoms with Gasteiger partial charge < -0.3 is 4.74 Å². The Hall–Kier alpha value is -2.32. The van der Waals surface area contributed by atoms with Crippen LogP contribution in [0.4, 0.5) is 5.69 Å². The molecule has 4 atom stereocenters. The summed E-state index contributed by atoms with van der Waals surface area (Å²) in [5, 5.41) is 0. The van der Waals surface area contributed by atoms with Gasteiger partial charge in [-0.3, -0.25) is 19.3 Å². The monoisotopic (exact) mass is 561 g/mol. The molecule has 1 saturated heterocycles. The molecule has 2 aliphatic rings. The fourth-order valence-corrected chi connectivity index (χ4v) is 5.40. The molecular formula is C24H21Br2NO5. The Balaban J connectivity index is 1.47. The van der Waals surface area contributed by atoms with Gasteiger partial charge in [0.2, 0.25) is 11.8 Å². The summed E-state index contributed by atoms with van der Waals surface area (Å²) in [5.41, 5.74) is 2.00. The average molecular weight is 563 g/mol. The van der Waals surface area contributed by atoms with Crippen LogP contribution in [0, 0.1) is 18.8 Å². The van der Waals surface area contributed by atoms with Crippen LogP contribution < -0.4 is 4.90 Å². The number of nitrogens with zero attached hydrogens (tertiary/aromatic N) is 1. The van der Waals surface area contributed by atoms with Gasteiger partial charge in [-0.15, -0.1) is 0 Å². The van der Waals surface area contributed by atoms with E-state index in [0.29, 0.717) is 24.1 Å². The summed E-state index contributed by atoms with van der Waals surface area (Å²) < 4.78 is 5.18. The molecule has 2 aromatic rings. The predicted molar refractivity (Wildman–Crippen MR) is 126 cm³/mol. The zero-order valence-electron chi connectivity index (χ0n) is 17.3. The lowest BCUT2D eigenvalue weighted by molar-refractivity contribution is -0.122. The second-order valence-corrected chi connectivity index (χ2v) is 10.5. The Morgan fingerprint density at radius 3 is 2.12 bits per heavy atom. The van der Waals surface area contributed by atoms with Crippen molar-refractivity contribution in [1.29, 1.82) is 0 Å². The molecule has 0 unspecified atom stereocenters. The first kappa shape index (κ1) is 22.9. The maximum absolute atomic E-state index is 13.0. The van der Waals surface area contributed by atoms with Crippen molar-refractivity contribution in [2.75, 3.05) is 11.5 Å².